The summed E-state index contributed by atoms with van der Waals surface area (Å²) in [6.07, 6.45) is 0.895. The molecule has 0 saturated heterocycles. The number of hydrogen-bond acceptors (Lipinski definition) is 2. The fraction of sp³-hybridized carbons (Fsp3) is 0.429. The highest BCUT2D eigenvalue weighted by Gasteiger charge is 2.12. The van der Waals surface area contributed by atoms with Gasteiger partial charge in [-0.3, -0.25) is 4.79 Å². The third kappa shape index (κ3) is 5.97. The average molecular weight is 297 g/mol. The first-order valence-electron chi connectivity index (χ1n) is 6.59. The van der Waals surface area contributed by atoms with E-state index in [4.69, 9.17) is 12.2 Å². The van der Waals surface area contributed by atoms with Crippen LogP contribution >= 0.6 is 12.2 Å². The van der Waals surface area contributed by atoms with Crippen LogP contribution in [0.25, 0.3) is 0 Å². The van der Waals surface area contributed by atoms with Crippen LogP contribution < -0.4 is 16.0 Å². The molecule has 0 radical (unpaired) electrons. The number of benzene rings is 1. The Morgan fingerprint density at radius 1 is 1.30 bits per heavy atom. The van der Waals surface area contributed by atoms with Gasteiger partial charge < -0.3 is 16.0 Å². The standard InChI is InChI=1S/C14H20FN3OS/c1-3-8-16-13(19)10(2)18-14(20)17-9-11-4-6-12(15)7-5-11/h4-7,10H,3,8-9H2,1-2H3,(H,16,19)(H2,17,18,20)/t10-/m1/s1. The first kappa shape index (κ1) is 16.4. The summed E-state index contributed by atoms with van der Waals surface area (Å²) in [7, 11) is 0. The van der Waals surface area contributed by atoms with Gasteiger partial charge in [0.25, 0.3) is 0 Å². The molecule has 0 bridgehead atoms. The normalized spacial score (nSPS) is 11.6. The van der Waals surface area contributed by atoms with Crippen molar-refractivity contribution in [1.29, 1.82) is 0 Å². The fourth-order valence-electron chi connectivity index (χ4n) is 1.50. The van der Waals surface area contributed by atoms with Crippen molar-refractivity contribution in [3.8, 4) is 0 Å². The lowest BCUT2D eigenvalue weighted by molar-refractivity contribution is -0.122. The number of amides is 1. The van der Waals surface area contributed by atoms with Gasteiger partial charge in [-0.2, -0.15) is 0 Å². The van der Waals surface area contributed by atoms with E-state index in [9.17, 15) is 9.18 Å². The summed E-state index contributed by atoms with van der Waals surface area (Å²) < 4.78 is 12.7. The summed E-state index contributed by atoms with van der Waals surface area (Å²) in [4.78, 5) is 11.6. The molecular formula is C14H20FN3OS. The first-order chi connectivity index (χ1) is 9.52. The molecule has 1 rings (SSSR count). The minimum atomic E-state index is -0.394. The Morgan fingerprint density at radius 3 is 2.55 bits per heavy atom. The molecule has 3 N–H and O–H groups in total. The van der Waals surface area contributed by atoms with Crippen LogP contribution in [0.5, 0.6) is 0 Å². The van der Waals surface area contributed by atoms with E-state index in [1.807, 2.05) is 6.92 Å². The maximum absolute atomic E-state index is 12.7. The summed E-state index contributed by atoms with van der Waals surface area (Å²) in [5, 5.41) is 9.07. The van der Waals surface area contributed by atoms with Gasteiger partial charge in [-0.05, 0) is 43.3 Å². The van der Waals surface area contributed by atoms with E-state index in [1.54, 1.807) is 19.1 Å². The van der Waals surface area contributed by atoms with Crippen molar-refractivity contribution in [2.24, 2.45) is 0 Å². The zero-order chi connectivity index (χ0) is 15.0. The number of rotatable bonds is 6. The van der Waals surface area contributed by atoms with Crippen molar-refractivity contribution >= 4 is 23.2 Å². The highest BCUT2D eigenvalue weighted by molar-refractivity contribution is 7.80. The van der Waals surface area contributed by atoms with Crippen LogP contribution in [0.2, 0.25) is 0 Å². The second kappa shape index (κ2) is 8.47. The molecule has 0 spiro atoms. The van der Waals surface area contributed by atoms with Crippen LogP contribution in [0.3, 0.4) is 0 Å². The molecule has 0 heterocycles. The lowest BCUT2D eigenvalue weighted by Crippen LogP contribution is -2.48. The Bertz CT molecular complexity index is 450. The number of carbonyl (C=O) groups excluding carboxylic acids is 1. The van der Waals surface area contributed by atoms with Gasteiger partial charge in [0.2, 0.25) is 5.91 Å². The van der Waals surface area contributed by atoms with Gasteiger partial charge in [0.05, 0.1) is 0 Å². The summed E-state index contributed by atoms with van der Waals surface area (Å²) in [5.74, 6) is -0.353. The van der Waals surface area contributed by atoms with Gasteiger partial charge in [0.15, 0.2) is 5.11 Å². The van der Waals surface area contributed by atoms with Gasteiger partial charge in [-0.15, -0.1) is 0 Å². The molecule has 6 heteroatoms. The molecule has 0 unspecified atom stereocenters. The molecule has 0 aliphatic rings. The van der Waals surface area contributed by atoms with Crippen molar-refractivity contribution in [3.05, 3.63) is 35.6 Å². The molecule has 1 amide bonds. The minimum Gasteiger partial charge on any atom is -0.359 e. The van der Waals surface area contributed by atoms with E-state index in [0.717, 1.165) is 12.0 Å². The molecular weight excluding hydrogens is 277 g/mol. The molecule has 4 nitrogen and oxygen atoms in total. The average Bonchev–Trinajstić information content (AvgIpc) is 2.44. The van der Waals surface area contributed by atoms with Crippen molar-refractivity contribution in [2.45, 2.75) is 32.9 Å². The maximum Gasteiger partial charge on any atom is 0.242 e. The van der Waals surface area contributed by atoms with E-state index in [2.05, 4.69) is 16.0 Å². The summed E-state index contributed by atoms with van der Waals surface area (Å²) in [6.45, 7) is 4.88. The van der Waals surface area contributed by atoms with Gasteiger partial charge in [0, 0.05) is 13.1 Å². The number of halogens is 1. The molecule has 0 fully saturated rings. The molecule has 110 valence electrons. The topological polar surface area (TPSA) is 53.2 Å². The van der Waals surface area contributed by atoms with Gasteiger partial charge in [-0.1, -0.05) is 19.1 Å². The van der Waals surface area contributed by atoms with E-state index >= 15 is 0 Å². The second-order valence-corrected chi connectivity index (χ2v) is 4.87. The first-order valence-corrected chi connectivity index (χ1v) is 7.00. The Hall–Kier alpha value is -1.69. The van der Waals surface area contributed by atoms with Crippen LogP contribution in [0.15, 0.2) is 24.3 Å². The van der Waals surface area contributed by atoms with Gasteiger partial charge in [-0.25, -0.2) is 4.39 Å². The molecule has 0 aliphatic heterocycles. The van der Waals surface area contributed by atoms with Crippen molar-refractivity contribution in [2.75, 3.05) is 6.54 Å². The molecule has 0 saturated carbocycles. The molecule has 20 heavy (non-hydrogen) atoms. The highest BCUT2D eigenvalue weighted by Crippen LogP contribution is 2.01. The Balaban J connectivity index is 2.32. The number of thiocarbonyl (C=S) groups is 1. The number of carbonyl (C=O) groups is 1. The quantitative estimate of drug-likeness (QED) is 0.700. The van der Waals surface area contributed by atoms with Crippen molar-refractivity contribution < 1.29 is 9.18 Å². The maximum atomic E-state index is 12.7. The molecule has 0 aliphatic carbocycles. The largest absolute Gasteiger partial charge is 0.359 e. The second-order valence-electron chi connectivity index (χ2n) is 4.47. The predicted octanol–water partition coefficient (Wildman–Crippen LogP) is 1.70. The van der Waals surface area contributed by atoms with Gasteiger partial charge >= 0.3 is 0 Å². The highest BCUT2D eigenvalue weighted by atomic mass is 32.1. The smallest absolute Gasteiger partial charge is 0.242 e. The third-order valence-electron chi connectivity index (χ3n) is 2.66. The van der Waals surface area contributed by atoms with Gasteiger partial charge in [0.1, 0.15) is 11.9 Å². The Labute approximate surface area is 124 Å². The summed E-state index contributed by atoms with van der Waals surface area (Å²) in [6, 6.07) is 5.77. The lowest BCUT2D eigenvalue weighted by atomic mass is 10.2. The molecule has 1 aromatic rings. The van der Waals surface area contributed by atoms with Crippen LogP contribution in [-0.2, 0) is 11.3 Å². The zero-order valence-corrected chi connectivity index (χ0v) is 12.5. The fourth-order valence-corrected chi connectivity index (χ4v) is 1.75. The number of hydrogen-bond donors (Lipinski definition) is 3. The SMILES string of the molecule is CCCNC(=O)[C@@H](C)NC(=S)NCc1ccc(F)cc1. The zero-order valence-electron chi connectivity index (χ0n) is 11.7. The van der Waals surface area contributed by atoms with Crippen LogP contribution in [0, 0.1) is 5.82 Å². The molecule has 1 atom stereocenters. The van der Waals surface area contributed by atoms with Crippen LogP contribution in [0.1, 0.15) is 25.8 Å². The van der Waals surface area contributed by atoms with Crippen molar-refractivity contribution in [3.63, 3.8) is 0 Å². The molecule has 1 aromatic carbocycles. The lowest BCUT2D eigenvalue weighted by Gasteiger charge is -2.16. The van der Waals surface area contributed by atoms with E-state index in [1.165, 1.54) is 12.1 Å². The minimum absolute atomic E-state index is 0.0854. The van der Waals surface area contributed by atoms with E-state index in [0.29, 0.717) is 18.2 Å². The van der Waals surface area contributed by atoms with Crippen molar-refractivity contribution in [1.82, 2.24) is 16.0 Å². The van der Waals surface area contributed by atoms with E-state index < -0.39 is 6.04 Å². The molecule has 0 aromatic heterocycles. The number of nitrogens with one attached hydrogen (secondary N) is 3. The third-order valence-corrected chi connectivity index (χ3v) is 2.92. The van der Waals surface area contributed by atoms with Crippen LogP contribution in [-0.4, -0.2) is 23.6 Å². The van der Waals surface area contributed by atoms with Crippen LogP contribution in [0.4, 0.5) is 4.39 Å². The monoisotopic (exact) mass is 297 g/mol. The Morgan fingerprint density at radius 2 is 1.95 bits per heavy atom. The Kier molecular flexibility index (Phi) is 6.93. The van der Waals surface area contributed by atoms with E-state index in [-0.39, 0.29) is 11.7 Å². The predicted molar refractivity (Wildman–Crippen MR) is 81.7 cm³/mol. The summed E-state index contributed by atoms with van der Waals surface area (Å²) >= 11 is 5.11. The summed E-state index contributed by atoms with van der Waals surface area (Å²) in [5.41, 5.74) is 0.915.